The van der Waals surface area contributed by atoms with E-state index in [0.717, 1.165) is 0 Å². The number of benzene rings is 1. The van der Waals surface area contributed by atoms with Crippen molar-refractivity contribution in [3.05, 3.63) is 35.5 Å². The number of nitrogens with zero attached hydrogens (tertiary/aromatic N) is 6. The normalized spacial score (nSPS) is 14.5. The predicted octanol–water partition coefficient (Wildman–Crippen LogP) is 3.04. The maximum absolute atomic E-state index is 13.0. The monoisotopic (exact) mass is 497 g/mol. The number of aryl methyl sites for hydroxylation is 1. The molecule has 0 bridgehead atoms. The second-order valence-corrected chi connectivity index (χ2v) is 10.1. The van der Waals surface area contributed by atoms with Gasteiger partial charge in [0, 0.05) is 33.2 Å². The molecule has 35 heavy (non-hydrogen) atoms. The number of carbonyl (C=O) groups is 2. The van der Waals surface area contributed by atoms with Gasteiger partial charge in [0.1, 0.15) is 29.8 Å². The van der Waals surface area contributed by atoms with Crippen LogP contribution in [0.1, 0.15) is 36.7 Å². The Morgan fingerprint density at radius 1 is 1.23 bits per heavy atom. The highest BCUT2D eigenvalue weighted by atomic mass is 32.1. The maximum atomic E-state index is 13.0. The summed E-state index contributed by atoms with van der Waals surface area (Å²) in [4.78, 5) is 33.5. The van der Waals surface area contributed by atoms with E-state index in [1.54, 1.807) is 24.1 Å². The number of thiazole rings is 1. The molecule has 3 aromatic rings. The van der Waals surface area contributed by atoms with E-state index >= 15 is 0 Å². The first-order valence-electron chi connectivity index (χ1n) is 11.1. The first-order valence-corrected chi connectivity index (χ1v) is 11.9. The molecule has 184 valence electrons. The van der Waals surface area contributed by atoms with Gasteiger partial charge in [-0.05, 0) is 32.9 Å². The lowest BCUT2D eigenvalue weighted by atomic mass is 10.2. The van der Waals surface area contributed by atoms with Crippen molar-refractivity contribution >= 4 is 39.4 Å². The zero-order valence-corrected chi connectivity index (χ0v) is 20.9. The van der Waals surface area contributed by atoms with Crippen molar-refractivity contribution < 1.29 is 19.1 Å². The van der Waals surface area contributed by atoms with E-state index in [1.807, 2.05) is 32.9 Å². The lowest BCUT2D eigenvalue weighted by Gasteiger charge is -2.35. The van der Waals surface area contributed by atoms with Gasteiger partial charge < -0.3 is 19.7 Å². The predicted molar refractivity (Wildman–Crippen MR) is 130 cm³/mol. The standard InChI is InChI=1S/C23H27N7O4S/c1-23(2,3)34-22(32)30-10-8-29(9-11-30)14-33-21-26-17-7-5-6-16(18(17)35-21)20(31)27-19-15(12-24)13-25-28(19)4/h5-7,13H,8-11,14H2,1-4H3,(H,27,31). The molecule has 0 aliphatic carbocycles. The van der Waals surface area contributed by atoms with Crippen molar-refractivity contribution in [2.75, 3.05) is 38.2 Å². The minimum atomic E-state index is -0.518. The molecular weight excluding hydrogens is 470 g/mol. The number of nitrogens with one attached hydrogen (secondary N) is 1. The van der Waals surface area contributed by atoms with E-state index in [0.29, 0.717) is 59.7 Å². The van der Waals surface area contributed by atoms with Crippen LogP contribution in [0, 0.1) is 11.3 Å². The van der Waals surface area contributed by atoms with Crippen LogP contribution in [-0.4, -0.2) is 75.1 Å². The van der Waals surface area contributed by atoms with E-state index in [2.05, 4.69) is 20.3 Å². The summed E-state index contributed by atoms with van der Waals surface area (Å²) in [5, 5.41) is 16.5. The first-order chi connectivity index (χ1) is 16.6. The van der Waals surface area contributed by atoms with Crippen molar-refractivity contribution in [1.29, 1.82) is 5.26 Å². The van der Waals surface area contributed by atoms with Crippen molar-refractivity contribution in [3.8, 4) is 11.3 Å². The molecule has 1 aromatic carbocycles. The number of aromatic nitrogens is 3. The second kappa shape index (κ2) is 9.89. The SMILES string of the molecule is Cn1ncc(C#N)c1NC(=O)c1cccc2nc(OCN3CCN(C(=O)OC(C)(C)C)CC3)sc12. The van der Waals surface area contributed by atoms with Crippen LogP contribution in [0.25, 0.3) is 10.2 Å². The number of amides is 2. The Labute approximate surface area is 206 Å². The van der Waals surface area contributed by atoms with Crippen LogP contribution in [-0.2, 0) is 11.8 Å². The average Bonchev–Trinajstić information content (AvgIpc) is 3.39. The number of hydrogen-bond donors (Lipinski definition) is 1. The minimum Gasteiger partial charge on any atom is -0.454 e. The van der Waals surface area contributed by atoms with Crippen LogP contribution >= 0.6 is 11.3 Å². The molecule has 3 heterocycles. The van der Waals surface area contributed by atoms with Crippen LogP contribution in [0.15, 0.2) is 24.4 Å². The Morgan fingerprint density at radius 3 is 2.66 bits per heavy atom. The van der Waals surface area contributed by atoms with Crippen molar-refractivity contribution in [2.45, 2.75) is 26.4 Å². The number of anilines is 1. The minimum absolute atomic E-state index is 0.285. The lowest BCUT2D eigenvalue weighted by Crippen LogP contribution is -2.50. The topological polar surface area (TPSA) is 126 Å². The number of ether oxygens (including phenoxy) is 2. The van der Waals surface area contributed by atoms with Gasteiger partial charge in [0.05, 0.1) is 22.0 Å². The molecule has 0 atom stereocenters. The Bertz CT molecular complexity index is 1280. The molecule has 2 aromatic heterocycles. The Hall–Kier alpha value is -3.69. The van der Waals surface area contributed by atoms with E-state index in [9.17, 15) is 14.9 Å². The summed E-state index contributed by atoms with van der Waals surface area (Å²) in [5.74, 6) is -0.0230. The molecular formula is C23H27N7O4S. The van der Waals surface area contributed by atoms with E-state index in [1.165, 1.54) is 22.2 Å². The molecule has 1 aliphatic heterocycles. The van der Waals surface area contributed by atoms with E-state index in [4.69, 9.17) is 9.47 Å². The fourth-order valence-electron chi connectivity index (χ4n) is 3.54. The largest absolute Gasteiger partial charge is 0.454 e. The first kappa shape index (κ1) is 24.4. The molecule has 0 radical (unpaired) electrons. The smallest absolute Gasteiger partial charge is 0.410 e. The summed E-state index contributed by atoms with van der Waals surface area (Å²) in [6.45, 7) is 8.30. The third kappa shape index (κ3) is 5.70. The van der Waals surface area contributed by atoms with Crippen molar-refractivity contribution in [3.63, 3.8) is 0 Å². The third-order valence-electron chi connectivity index (χ3n) is 5.33. The van der Waals surface area contributed by atoms with Crippen LogP contribution in [0.5, 0.6) is 5.19 Å². The summed E-state index contributed by atoms with van der Waals surface area (Å²) in [7, 11) is 1.66. The molecule has 4 rings (SSSR count). The zero-order valence-electron chi connectivity index (χ0n) is 20.1. The molecule has 0 spiro atoms. The second-order valence-electron chi connectivity index (χ2n) is 9.09. The summed E-state index contributed by atoms with van der Waals surface area (Å²) in [5.41, 5.74) is 0.854. The van der Waals surface area contributed by atoms with E-state index < -0.39 is 5.60 Å². The quantitative estimate of drug-likeness (QED) is 0.570. The number of carbonyl (C=O) groups excluding carboxylic acids is 2. The third-order valence-corrected chi connectivity index (χ3v) is 6.34. The van der Waals surface area contributed by atoms with Gasteiger partial charge in [-0.15, -0.1) is 0 Å². The van der Waals surface area contributed by atoms with Gasteiger partial charge >= 0.3 is 6.09 Å². The van der Waals surface area contributed by atoms with Crippen LogP contribution in [0.3, 0.4) is 0 Å². The summed E-state index contributed by atoms with van der Waals surface area (Å²) in [6.07, 6.45) is 1.10. The highest BCUT2D eigenvalue weighted by Crippen LogP contribution is 2.31. The van der Waals surface area contributed by atoms with Crippen LogP contribution in [0.4, 0.5) is 10.6 Å². The molecule has 2 amide bonds. The fraction of sp³-hybridized carbons (Fsp3) is 0.435. The molecule has 1 aliphatic rings. The van der Waals surface area contributed by atoms with Gasteiger partial charge in [-0.25, -0.2) is 9.78 Å². The molecule has 1 N–H and O–H groups in total. The molecule has 1 saturated heterocycles. The Morgan fingerprint density at radius 2 is 1.97 bits per heavy atom. The van der Waals surface area contributed by atoms with Crippen molar-refractivity contribution in [1.82, 2.24) is 24.6 Å². The average molecular weight is 498 g/mol. The van der Waals surface area contributed by atoms with Gasteiger partial charge in [-0.1, -0.05) is 17.4 Å². The van der Waals surface area contributed by atoms with Gasteiger partial charge in [0.25, 0.3) is 11.1 Å². The highest BCUT2D eigenvalue weighted by molar-refractivity contribution is 7.20. The Balaban J connectivity index is 1.37. The lowest BCUT2D eigenvalue weighted by molar-refractivity contribution is 0.00681. The molecule has 1 fully saturated rings. The molecule has 0 unspecified atom stereocenters. The number of nitriles is 1. The summed E-state index contributed by atoms with van der Waals surface area (Å²) in [6, 6.07) is 7.30. The summed E-state index contributed by atoms with van der Waals surface area (Å²) >= 11 is 1.29. The van der Waals surface area contributed by atoms with Crippen molar-refractivity contribution in [2.24, 2.45) is 7.05 Å². The summed E-state index contributed by atoms with van der Waals surface area (Å²) < 4.78 is 13.5. The number of piperazine rings is 1. The van der Waals surface area contributed by atoms with Gasteiger partial charge in [0.15, 0.2) is 0 Å². The zero-order chi connectivity index (χ0) is 25.2. The van der Waals surface area contributed by atoms with Gasteiger partial charge in [-0.3, -0.25) is 14.4 Å². The number of rotatable bonds is 5. The fourth-order valence-corrected chi connectivity index (χ4v) is 4.46. The number of fused-ring (bicyclic) bond motifs is 1. The van der Waals surface area contributed by atoms with Crippen LogP contribution in [0.2, 0.25) is 0 Å². The molecule has 11 nitrogen and oxygen atoms in total. The Kier molecular flexibility index (Phi) is 6.90. The molecule has 0 saturated carbocycles. The molecule has 12 heteroatoms. The maximum Gasteiger partial charge on any atom is 0.410 e. The van der Waals surface area contributed by atoms with E-state index in [-0.39, 0.29) is 17.6 Å². The number of hydrogen-bond acceptors (Lipinski definition) is 9. The highest BCUT2D eigenvalue weighted by Gasteiger charge is 2.26. The van der Waals surface area contributed by atoms with Crippen LogP contribution < -0.4 is 10.1 Å². The van der Waals surface area contributed by atoms with Gasteiger partial charge in [-0.2, -0.15) is 10.4 Å². The van der Waals surface area contributed by atoms with Gasteiger partial charge in [0.2, 0.25) is 0 Å².